The zero-order valence-corrected chi connectivity index (χ0v) is 8.88. The molecule has 0 spiro atoms. The summed E-state index contributed by atoms with van der Waals surface area (Å²) in [6, 6.07) is 4.28. The summed E-state index contributed by atoms with van der Waals surface area (Å²) in [5.74, 6) is 0. The van der Waals surface area contributed by atoms with Crippen molar-refractivity contribution in [2.24, 2.45) is 0 Å². The highest BCUT2D eigenvalue weighted by Gasteiger charge is 2.32. The minimum absolute atomic E-state index is 0.475. The van der Waals surface area contributed by atoms with Crippen molar-refractivity contribution in [1.82, 2.24) is 4.98 Å². The first-order valence-corrected chi connectivity index (χ1v) is 5.22. The Labute approximate surface area is 81.2 Å². The van der Waals surface area contributed by atoms with Gasteiger partial charge in [-0.2, -0.15) is 0 Å². The van der Waals surface area contributed by atoms with Crippen LogP contribution in [0.15, 0.2) is 24.5 Å². The van der Waals surface area contributed by atoms with E-state index in [4.69, 9.17) is 0 Å². The number of rotatable bonds is 1. The number of aromatic nitrogens is 1. The molecule has 0 amide bonds. The summed E-state index contributed by atoms with van der Waals surface area (Å²) in [7, 11) is 0. The number of hydrogen-bond donors (Lipinski definition) is 0. The minimum atomic E-state index is 0.475. The number of hydrogen-bond acceptors (Lipinski definition) is 1. The van der Waals surface area contributed by atoms with Crippen LogP contribution in [0, 0.1) is 0 Å². The summed E-state index contributed by atoms with van der Waals surface area (Å²) in [5, 5.41) is 0. The molecule has 2 rings (SSSR count). The van der Waals surface area contributed by atoms with Gasteiger partial charge in [0.1, 0.15) is 0 Å². The molecule has 13 heavy (non-hydrogen) atoms. The summed E-state index contributed by atoms with van der Waals surface area (Å²) in [6.07, 6.45) is 7.85. The standard InChI is InChI=1S/C10H13N.C2H6/c1-10(5-2-6-10)9-3-7-11-8-4-9;1-2/h3-4,7-8H,2,5-6H2,1H3;1-2H3. The van der Waals surface area contributed by atoms with E-state index in [0.717, 1.165) is 0 Å². The van der Waals surface area contributed by atoms with Crippen molar-refractivity contribution >= 4 is 0 Å². The Kier molecular flexibility index (Phi) is 3.47. The second-order valence-electron chi connectivity index (χ2n) is 3.65. The van der Waals surface area contributed by atoms with Crippen LogP contribution in [0.5, 0.6) is 0 Å². The van der Waals surface area contributed by atoms with Gasteiger partial charge in [-0.3, -0.25) is 4.98 Å². The largest absolute Gasteiger partial charge is 0.265 e. The second kappa shape index (κ2) is 4.40. The first-order valence-electron chi connectivity index (χ1n) is 5.22. The van der Waals surface area contributed by atoms with E-state index in [1.54, 1.807) is 0 Å². The maximum atomic E-state index is 4.02. The van der Waals surface area contributed by atoms with E-state index < -0.39 is 0 Å². The third-order valence-electron chi connectivity index (χ3n) is 2.83. The molecular formula is C12H19N. The third-order valence-corrected chi connectivity index (χ3v) is 2.83. The molecule has 0 unspecified atom stereocenters. The van der Waals surface area contributed by atoms with Gasteiger partial charge in [0.2, 0.25) is 0 Å². The van der Waals surface area contributed by atoms with Crippen LogP contribution in [-0.2, 0) is 5.41 Å². The fraction of sp³-hybridized carbons (Fsp3) is 0.583. The van der Waals surface area contributed by atoms with Gasteiger partial charge in [0.15, 0.2) is 0 Å². The highest BCUT2D eigenvalue weighted by atomic mass is 14.6. The Bertz CT molecular complexity index is 237. The lowest BCUT2D eigenvalue weighted by Crippen LogP contribution is -2.30. The molecule has 0 atom stereocenters. The van der Waals surface area contributed by atoms with Crippen LogP contribution in [0.4, 0.5) is 0 Å². The van der Waals surface area contributed by atoms with Crippen LogP contribution in [-0.4, -0.2) is 4.98 Å². The van der Waals surface area contributed by atoms with Crippen LogP contribution < -0.4 is 0 Å². The molecule has 0 saturated heterocycles. The van der Waals surface area contributed by atoms with Gasteiger partial charge < -0.3 is 0 Å². The van der Waals surface area contributed by atoms with Crippen molar-refractivity contribution in [3.05, 3.63) is 30.1 Å². The van der Waals surface area contributed by atoms with Crippen molar-refractivity contribution in [1.29, 1.82) is 0 Å². The van der Waals surface area contributed by atoms with Gasteiger partial charge in [-0.05, 0) is 36.0 Å². The summed E-state index contributed by atoms with van der Waals surface area (Å²) in [6.45, 7) is 6.34. The minimum Gasteiger partial charge on any atom is -0.265 e. The maximum Gasteiger partial charge on any atom is 0.0270 e. The van der Waals surface area contributed by atoms with Crippen LogP contribution in [0.1, 0.15) is 45.6 Å². The Morgan fingerprint density at radius 3 is 2.08 bits per heavy atom. The van der Waals surface area contributed by atoms with Crippen molar-refractivity contribution in [3.8, 4) is 0 Å². The van der Waals surface area contributed by atoms with Gasteiger partial charge in [0, 0.05) is 12.4 Å². The van der Waals surface area contributed by atoms with Crippen molar-refractivity contribution in [2.45, 2.75) is 45.4 Å². The van der Waals surface area contributed by atoms with E-state index in [-0.39, 0.29) is 0 Å². The van der Waals surface area contributed by atoms with Crippen molar-refractivity contribution < 1.29 is 0 Å². The van der Waals surface area contributed by atoms with E-state index >= 15 is 0 Å². The van der Waals surface area contributed by atoms with Crippen LogP contribution >= 0.6 is 0 Å². The van der Waals surface area contributed by atoms with E-state index in [1.807, 2.05) is 26.2 Å². The fourth-order valence-corrected chi connectivity index (χ4v) is 1.75. The highest BCUT2D eigenvalue weighted by Crippen LogP contribution is 2.42. The second-order valence-corrected chi connectivity index (χ2v) is 3.65. The number of nitrogens with zero attached hydrogens (tertiary/aromatic N) is 1. The molecule has 0 radical (unpaired) electrons. The Morgan fingerprint density at radius 2 is 1.69 bits per heavy atom. The lowest BCUT2D eigenvalue weighted by atomic mass is 9.66. The van der Waals surface area contributed by atoms with E-state index in [2.05, 4.69) is 24.0 Å². The Morgan fingerprint density at radius 1 is 1.15 bits per heavy atom. The van der Waals surface area contributed by atoms with Crippen molar-refractivity contribution in [2.75, 3.05) is 0 Å². The predicted molar refractivity (Wildman–Crippen MR) is 56.8 cm³/mol. The van der Waals surface area contributed by atoms with E-state index in [9.17, 15) is 0 Å². The van der Waals surface area contributed by atoms with Gasteiger partial charge >= 0.3 is 0 Å². The van der Waals surface area contributed by atoms with Gasteiger partial charge in [-0.1, -0.05) is 27.2 Å². The van der Waals surface area contributed by atoms with Gasteiger partial charge in [0.05, 0.1) is 0 Å². The molecule has 1 heterocycles. The zero-order chi connectivity index (χ0) is 9.73. The topological polar surface area (TPSA) is 12.9 Å². The van der Waals surface area contributed by atoms with Gasteiger partial charge in [0.25, 0.3) is 0 Å². The molecule has 0 aromatic carbocycles. The molecule has 1 nitrogen and oxygen atoms in total. The van der Waals surface area contributed by atoms with E-state index in [1.165, 1.54) is 24.8 Å². The van der Waals surface area contributed by atoms with Crippen LogP contribution in [0.25, 0.3) is 0 Å². The van der Waals surface area contributed by atoms with E-state index in [0.29, 0.717) is 5.41 Å². The monoisotopic (exact) mass is 177 g/mol. The molecule has 0 aliphatic heterocycles. The zero-order valence-electron chi connectivity index (χ0n) is 8.88. The highest BCUT2D eigenvalue weighted by molar-refractivity contribution is 5.24. The molecule has 1 aliphatic rings. The number of pyridine rings is 1. The molecular weight excluding hydrogens is 158 g/mol. The van der Waals surface area contributed by atoms with Crippen LogP contribution in [0.3, 0.4) is 0 Å². The summed E-state index contributed by atoms with van der Waals surface area (Å²) < 4.78 is 0. The first-order chi connectivity index (χ1) is 6.31. The molecule has 0 bridgehead atoms. The predicted octanol–water partition coefficient (Wildman–Crippen LogP) is 3.55. The lowest BCUT2D eigenvalue weighted by Gasteiger charge is -2.38. The summed E-state index contributed by atoms with van der Waals surface area (Å²) >= 11 is 0. The molecule has 1 aliphatic carbocycles. The molecule has 1 heteroatoms. The summed E-state index contributed by atoms with van der Waals surface area (Å²) in [5.41, 5.74) is 1.93. The first kappa shape index (κ1) is 10.2. The smallest absolute Gasteiger partial charge is 0.0270 e. The van der Waals surface area contributed by atoms with Gasteiger partial charge in [-0.25, -0.2) is 0 Å². The maximum absolute atomic E-state index is 4.02. The third kappa shape index (κ3) is 2.09. The molecule has 0 N–H and O–H groups in total. The van der Waals surface area contributed by atoms with Gasteiger partial charge in [-0.15, -0.1) is 0 Å². The molecule has 1 aromatic heterocycles. The average molecular weight is 177 g/mol. The molecule has 72 valence electrons. The normalized spacial score (nSPS) is 18.1. The Hall–Kier alpha value is -0.850. The fourth-order valence-electron chi connectivity index (χ4n) is 1.75. The molecule has 1 saturated carbocycles. The SMILES string of the molecule is CC.CC1(c2ccncc2)CCC1. The molecule has 1 aromatic rings. The lowest BCUT2D eigenvalue weighted by molar-refractivity contribution is 0.272. The van der Waals surface area contributed by atoms with Crippen molar-refractivity contribution in [3.63, 3.8) is 0 Å². The molecule has 1 fully saturated rings. The van der Waals surface area contributed by atoms with Crippen LogP contribution in [0.2, 0.25) is 0 Å². The Balaban J connectivity index is 0.000000396. The quantitative estimate of drug-likeness (QED) is 0.639. The average Bonchev–Trinajstić information content (AvgIpc) is 2.19. The summed E-state index contributed by atoms with van der Waals surface area (Å²) in [4.78, 5) is 4.02.